The van der Waals surface area contributed by atoms with Gasteiger partial charge in [-0.05, 0) is 59.6 Å². The van der Waals surface area contributed by atoms with Crippen LogP contribution in [0.2, 0.25) is 0 Å². The Morgan fingerprint density at radius 3 is 2.33 bits per heavy atom. The van der Waals surface area contributed by atoms with Crippen LogP contribution in [0.1, 0.15) is 51.5 Å². The van der Waals surface area contributed by atoms with Crippen molar-refractivity contribution in [2.45, 2.75) is 46.0 Å². The second-order valence-corrected chi connectivity index (χ2v) is 6.89. The summed E-state index contributed by atoms with van der Waals surface area (Å²) in [5.74, 6) is 1.23. The van der Waals surface area contributed by atoms with Crippen molar-refractivity contribution in [2.75, 3.05) is 0 Å². The average Bonchev–Trinajstić information content (AvgIpc) is 2.67. The van der Waals surface area contributed by atoms with Crippen molar-refractivity contribution in [3.05, 3.63) is 23.8 Å². The minimum absolute atomic E-state index is 0.0108. The number of fused-ring (bicyclic) bond motifs is 2. The van der Waals surface area contributed by atoms with Crippen molar-refractivity contribution in [2.24, 2.45) is 16.7 Å². The van der Waals surface area contributed by atoms with Gasteiger partial charge in [0.25, 0.3) is 0 Å². The van der Waals surface area contributed by atoms with Gasteiger partial charge in [-0.2, -0.15) is 0 Å². The fourth-order valence-corrected chi connectivity index (χ4v) is 4.49. The zero-order chi connectivity index (χ0) is 13.1. The molecule has 1 unspecified atom stereocenters. The first-order valence-corrected chi connectivity index (χ1v) is 6.89. The van der Waals surface area contributed by atoms with Crippen LogP contribution < -0.4 is 0 Å². The minimum atomic E-state index is -0.0219. The highest BCUT2D eigenvalue weighted by molar-refractivity contribution is 5.43. The van der Waals surface area contributed by atoms with Crippen LogP contribution in [0.4, 0.5) is 0 Å². The first-order valence-electron chi connectivity index (χ1n) is 6.89. The Bertz CT molecular complexity index is 496. The quantitative estimate of drug-likeness (QED) is 0.734. The molecule has 1 aromatic carbocycles. The lowest BCUT2D eigenvalue weighted by atomic mass is 9.70. The van der Waals surface area contributed by atoms with Crippen molar-refractivity contribution >= 4 is 0 Å². The van der Waals surface area contributed by atoms with E-state index in [9.17, 15) is 10.2 Å². The molecule has 2 heteroatoms. The summed E-state index contributed by atoms with van der Waals surface area (Å²) in [7, 11) is 0. The van der Waals surface area contributed by atoms with E-state index in [1.807, 2.05) is 6.07 Å². The van der Waals surface area contributed by atoms with Crippen molar-refractivity contribution in [3.63, 3.8) is 0 Å². The Balaban J connectivity index is 2.02. The van der Waals surface area contributed by atoms with E-state index in [1.54, 1.807) is 12.1 Å². The number of phenolic OH excluding ortho intramolecular Hbond substituents is 2. The van der Waals surface area contributed by atoms with Gasteiger partial charge < -0.3 is 10.2 Å². The maximum absolute atomic E-state index is 9.69. The normalized spacial score (nSPS) is 42.4. The van der Waals surface area contributed by atoms with Gasteiger partial charge in [-0.15, -0.1) is 0 Å². The van der Waals surface area contributed by atoms with Gasteiger partial charge in [0.05, 0.1) is 0 Å². The molecule has 3 rings (SSSR count). The smallest absolute Gasteiger partial charge is 0.157 e. The van der Waals surface area contributed by atoms with E-state index in [0.29, 0.717) is 16.7 Å². The van der Waals surface area contributed by atoms with Crippen LogP contribution in [-0.2, 0) is 0 Å². The van der Waals surface area contributed by atoms with Crippen LogP contribution >= 0.6 is 0 Å². The van der Waals surface area contributed by atoms with Crippen molar-refractivity contribution < 1.29 is 10.2 Å². The van der Waals surface area contributed by atoms with E-state index in [-0.39, 0.29) is 11.5 Å². The Labute approximate surface area is 109 Å². The zero-order valence-corrected chi connectivity index (χ0v) is 11.4. The second kappa shape index (κ2) is 3.43. The van der Waals surface area contributed by atoms with Crippen LogP contribution in [-0.4, -0.2) is 10.2 Å². The monoisotopic (exact) mass is 246 g/mol. The second-order valence-electron chi connectivity index (χ2n) is 6.89. The van der Waals surface area contributed by atoms with Gasteiger partial charge in [0, 0.05) is 0 Å². The third-order valence-corrected chi connectivity index (χ3v) is 6.14. The maximum Gasteiger partial charge on any atom is 0.157 e. The molecule has 0 amide bonds. The molecule has 2 nitrogen and oxygen atoms in total. The summed E-state index contributed by atoms with van der Waals surface area (Å²) in [6, 6.07) is 5.34. The summed E-state index contributed by atoms with van der Waals surface area (Å²) < 4.78 is 0. The molecule has 0 aliphatic heterocycles. The molecule has 2 fully saturated rings. The highest BCUT2D eigenvalue weighted by Crippen LogP contribution is 2.70. The first-order chi connectivity index (χ1) is 8.37. The van der Waals surface area contributed by atoms with Gasteiger partial charge in [-0.1, -0.05) is 26.8 Å². The van der Waals surface area contributed by atoms with Gasteiger partial charge in [0.2, 0.25) is 0 Å². The van der Waals surface area contributed by atoms with Crippen LogP contribution in [0, 0.1) is 16.7 Å². The standard InChI is InChI=1S/C16H22O2/c1-10-15(2)6-7-16(10,3)12(9-15)11-4-5-13(17)14(18)8-11/h4-5,8,10,12,17-18H,6-7,9H2,1-3H3/t10?,12-,15+,16+/m0/s1. The molecule has 2 saturated carbocycles. The van der Waals surface area contributed by atoms with E-state index in [0.717, 1.165) is 5.92 Å². The Morgan fingerprint density at radius 1 is 1.11 bits per heavy atom. The third kappa shape index (κ3) is 1.35. The van der Waals surface area contributed by atoms with E-state index >= 15 is 0 Å². The number of hydrogen-bond donors (Lipinski definition) is 2. The van der Waals surface area contributed by atoms with Crippen molar-refractivity contribution in [1.82, 2.24) is 0 Å². The molecule has 2 aliphatic carbocycles. The highest BCUT2D eigenvalue weighted by atomic mass is 16.3. The SMILES string of the molecule is CC1[C@]2(C)CC[C@@]1(C)[C@H](c1ccc(O)c(O)c1)C2. The lowest BCUT2D eigenvalue weighted by Gasteiger charge is -2.34. The molecule has 0 spiro atoms. The lowest BCUT2D eigenvalue weighted by molar-refractivity contribution is 0.226. The molecule has 98 valence electrons. The summed E-state index contributed by atoms with van der Waals surface area (Å²) >= 11 is 0. The summed E-state index contributed by atoms with van der Waals surface area (Å²) in [5.41, 5.74) is 1.98. The minimum Gasteiger partial charge on any atom is -0.504 e. The number of hydrogen-bond acceptors (Lipinski definition) is 2. The van der Waals surface area contributed by atoms with E-state index in [1.165, 1.54) is 24.8 Å². The molecule has 0 radical (unpaired) electrons. The number of phenols is 2. The molecule has 4 atom stereocenters. The zero-order valence-electron chi connectivity index (χ0n) is 11.4. The van der Waals surface area contributed by atoms with Gasteiger partial charge in [0.1, 0.15) is 0 Å². The fourth-order valence-electron chi connectivity index (χ4n) is 4.49. The molecule has 2 bridgehead atoms. The van der Waals surface area contributed by atoms with Crippen LogP contribution in [0.5, 0.6) is 11.5 Å². The fraction of sp³-hybridized carbons (Fsp3) is 0.625. The Morgan fingerprint density at radius 2 is 1.83 bits per heavy atom. The average molecular weight is 246 g/mol. The van der Waals surface area contributed by atoms with Gasteiger partial charge in [-0.25, -0.2) is 0 Å². The number of rotatable bonds is 1. The number of benzene rings is 1. The van der Waals surface area contributed by atoms with E-state index in [4.69, 9.17) is 0 Å². The topological polar surface area (TPSA) is 40.5 Å². The largest absolute Gasteiger partial charge is 0.504 e. The molecule has 0 heterocycles. The van der Waals surface area contributed by atoms with Gasteiger partial charge in [0.15, 0.2) is 11.5 Å². The maximum atomic E-state index is 9.69. The van der Waals surface area contributed by atoms with Crippen molar-refractivity contribution in [1.29, 1.82) is 0 Å². The highest BCUT2D eigenvalue weighted by Gasteiger charge is 2.60. The Kier molecular flexibility index (Phi) is 2.27. The predicted molar refractivity (Wildman–Crippen MR) is 71.7 cm³/mol. The molecule has 2 N–H and O–H groups in total. The number of aromatic hydroxyl groups is 2. The molecular weight excluding hydrogens is 224 g/mol. The summed E-state index contributed by atoms with van der Waals surface area (Å²) in [4.78, 5) is 0. The third-order valence-electron chi connectivity index (χ3n) is 6.14. The van der Waals surface area contributed by atoms with Crippen LogP contribution in [0.25, 0.3) is 0 Å². The molecule has 0 aromatic heterocycles. The molecule has 0 saturated heterocycles. The van der Waals surface area contributed by atoms with Gasteiger partial charge >= 0.3 is 0 Å². The Hall–Kier alpha value is -1.18. The first kappa shape index (κ1) is 11.9. The van der Waals surface area contributed by atoms with Crippen molar-refractivity contribution in [3.8, 4) is 11.5 Å². The lowest BCUT2D eigenvalue weighted by Crippen LogP contribution is -2.23. The predicted octanol–water partition coefficient (Wildman–Crippen LogP) is 4.03. The molecule has 1 aromatic rings. The molecule has 2 aliphatic rings. The summed E-state index contributed by atoms with van der Waals surface area (Å²) in [5, 5.41) is 19.1. The van der Waals surface area contributed by atoms with E-state index in [2.05, 4.69) is 20.8 Å². The van der Waals surface area contributed by atoms with Crippen LogP contribution in [0.3, 0.4) is 0 Å². The summed E-state index contributed by atoms with van der Waals surface area (Å²) in [6.45, 7) is 7.18. The molecular formula is C16H22O2. The van der Waals surface area contributed by atoms with E-state index < -0.39 is 0 Å². The van der Waals surface area contributed by atoms with Crippen LogP contribution in [0.15, 0.2) is 18.2 Å². The molecule has 18 heavy (non-hydrogen) atoms. The summed E-state index contributed by atoms with van der Waals surface area (Å²) in [6.07, 6.45) is 3.80. The van der Waals surface area contributed by atoms with Gasteiger partial charge in [-0.3, -0.25) is 0 Å².